The Kier molecular flexibility index (Phi) is 2.53. The van der Waals surface area contributed by atoms with Gasteiger partial charge in [-0.3, -0.25) is 9.52 Å². The number of sulfonamides is 1. The van der Waals surface area contributed by atoms with Crippen LogP contribution in [-0.4, -0.2) is 20.6 Å². The molecule has 0 unspecified atom stereocenters. The van der Waals surface area contributed by atoms with Crippen molar-refractivity contribution in [1.82, 2.24) is 4.72 Å². The van der Waals surface area contributed by atoms with E-state index in [-0.39, 0.29) is 11.3 Å². The summed E-state index contributed by atoms with van der Waals surface area (Å²) in [6.45, 7) is 0. The number of rotatable bonds is 2. The minimum atomic E-state index is -3.40. The van der Waals surface area contributed by atoms with E-state index in [0.29, 0.717) is 0 Å². The highest BCUT2D eigenvalue weighted by molar-refractivity contribution is 7.89. The quantitative estimate of drug-likeness (QED) is 0.772. The second kappa shape index (κ2) is 3.47. The van der Waals surface area contributed by atoms with Crippen LogP contribution in [0.15, 0.2) is 0 Å². The monoisotopic (exact) mass is 231 g/mol. The Hall–Kier alpha value is -0.580. The molecule has 0 saturated heterocycles. The summed E-state index contributed by atoms with van der Waals surface area (Å²) >= 11 is 0. The van der Waals surface area contributed by atoms with Crippen molar-refractivity contribution < 1.29 is 13.2 Å². The van der Waals surface area contributed by atoms with Crippen molar-refractivity contribution in [2.45, 2.75) is 38.5 Å². The molecule has 0 atom stereocenters. The van der Waals surface area contributed by atoms with Crippen molar-refractivity contribution in [2.24, 2.45) is 11.3 Å². The van der Waals surface area contributed by atoms with Crippen molar-refractivity contribution in [3.63, 3.8) is 0 Å². The molecule has 1 N–H and O–H groups in total. The molecule has 3 saturated carbocycles. The summed E-state index contributed by atoms with van der Waals surface area (Å²) in [6.07, 6.45) is 6.86. The van der Waals surface area contributed by atoms with Crippen LogP contribution in [0, 0.1) is 11.3 Å². The van der Waals surface area contributed by atoms with Crippen molar-refractivity contribution in [3.8, 4) is 0 Å². The SMILES string of the molecule is CS(=O)(=O)NC(=O)C12CCC(CC1)CC2. The van der Waals surface area contributed by atoms with Gasteiger partial charge in [-0.05, 0) is 44.4 Å². The first kappa shape index (κ1) is 10.9. The van der Waals surface area contributed by atoms with Crippen LogP contribution in [0.2, 0.25) is 0 Å². The Bertz CT molecular complexity index is 352. The standard InChI is InChI=1S/C10H17NO3S/c1-15(13,14)11-9(12)10-5-2-8(3-6-10)4-7-10/h8H,2-7H2,1H3,(H,11,12). The smallest absolute Gasteiger partial charge is 0.239 e. The molecule has 3 fully saturated rings. The molecular weight excluding hydrogens is 214 g/mol. The van der Waals surface area contributed by atoms with Gasteiger partial charge in [-0.2, -0.15) is 0 Å². The van der Waals surface area contributed by atoms with E-state index in [2.05, 4.69) is 4.72 Å². The van der Waals surface area contributed by atoms with Crippen LogP contribution in [0.25, 0.3) is 0 Å². The van der Waals surface area contributed by atoms with Gasteiger partial charge in [-0.25, -0.2) is 8.42 Å². The van der Waals surface area contributed by atoms with Crippen LogP contribution in [0.3, 0.4) is 0 Å². The zero-order valence-corrected chi connectivity index (χ0v) is 9.77. The molecule has 1 amide bonds. The number of nitrogens with one attached hydrogen (secondary N) is 1. The molecule has 2 bridgehead atoms. The predicted octanol–water partition coefficient (Wildman–Crippen LogP) is 1.03. The number of carbonyl (C=O) groups is 1. The van der Waals surface area contributed by atoms with E-state index in [4.69, 9.17) is 0 Å². The maximum Gasteiger partial charge on any atom is 0.239 e. The summed E-state index contributed by atoms with van der Waals surface area (Å²) in [5, 5.41) is 0. The topological polar surface area (TPSA) is 63.2 Å². The van der Waals surface area contributed by atoms with Crippen LogP contribution in [-0.2, 0) is 14.8 Å². The fourth-order valence-corrected chi connectivity index (χ4v) is 3.42. The molecule has 86 valence electrons. The third-order valence-electron chi connectivity index (χ3n) is 3.85. The molecule has 0 aromatic heterocycles. The number of fused-ring (bicyclic) bond motifs is 3. The average molecular weight is 231 g/mol. The molecule has 3 rings (SSSR count). The van der Waals surface area contributed by atoms with E-state index in [1.807, 2.05) is 0 Å². The van der Waals surface area contributed by atoms with Gasteiger partial charge < -0.3 is 0 Å². The summed E-state index contributed by atoms with van der Waals surface area (Å²) < 4.78 is 24.2. The Morgan fingerprint density at radius 1 is 1.20 bits per heavy atom. The third kappa shape index (κ3) is 2.17. The summed E-state index contributed by atoms with van der Waals surface area (Å²) in [7, 11) is -3.40. The van der Waals surface area contributed by atoms with Gasteiger partial charge in [0, 0.05) is 0 Å². The van der Waals surface area contributed by atoms with Gasteiger partial charge in [0.25, 0.3) is 0 Å². The van der Waals surface area contributed by atoms with E-state index < -0.39 is 10.0 Å². The van der Waals surface area contributed by atoms with Gasteiger partial charge in [0.15, 0.2) is 0 Å². The molecule has 0 spiro atoms. The van der Waals surface area contributed by atoms with Crippen LogP contribution in [0.5, 0.6) is 0 Å². The first-order chi connectivity index (χ1) is 6.91. The lowest BCUT2D eigenvalue weighted by Gasteiger charge is -2.44. The molecule has 0 aromatic carbocycles. The van der Waals surface area contributed by atoms with Crippen molar-refractivity contribution in [2.75, 3.05) is 6.26 Å². The fourth-order valence-electron chi connectivity index (χ4n) is 2.87. The van der Waals surface area contributed by atoms with E-state index in [0.717, 1.165) is 50.7 Å². The minimum absolute atomic E-state index is 0.275. The Labute approximate surface area is 90.5 Å². The van der Waals surface area contributed by atoms with Gasteiger partial charge in [0.05, 0.1) is 11.7 Å². The highest BCUT2D eigenvalue weighted by Crippen LogP contribution is 2.50. The molecule has 4 nitrogen and oxygen atoms in total. The van der Waals surface area contributed by atoms with E-state index in [9.17, 15) is 13.2 Å². The predicted molar refractivity (Wildman–Crippen MR) is 56.6 cm³/mol. The van der Waals surface area contributed by atoms with Crippen LogP contribution in [0.4, 0.5) is 0 Å². The van der Waals surface area contributed by atoms with Crippen molar-refractivity contribution >= 4 is 15.9 Å². The largest absolute Gasteiger partial charge is 0.273 e. The van der Waals surface area contributed by atoms with Crippen molar-refractivity contribution in [1.29, 1.82) is 0 Å². The van der Waals surface area contributed by atoms with E-state index in [1.165, 1.54) is 0 Å². The maximum absolute atomic E-state index is 11.9. The van der Waals surface area contributed by atoms with Crippen molar-refractivity contribution in [3.05, 3.63) is 0 Å². The molecule has 3 aliphatic carbocycles. The molecule has 0 aromatic rings. The first-order valence-corrected chi connectivity index (χ1v) is 7.33. The Morgan fingerprint density at radius 2 is 1.67 bits per heavy atom. The first-order valence-electron chi connectivity index (χ1n) is 5.44. The normalized spacial score (nSPS) is 35.1. The summed E-state index contributed by atoms with van der Waals surface area (Å²) in [5.74, 6) is 0.501. The molecule has 0 radical (unpaired) electrons. The highest BCUT2D eigenvalue weighted by Gasteiger charge is 2.46. The van der Waals surface area contributed by atoms with Gasteiger partial charge in [0.1, 0.15) is 0 Å². The van der Waals surface area contributed by atoms with Crippen LogP contribution in [0.1, 0.15) is 38.5 Å². The number of carbonyl (C=O) groups excluding carboxylic acids is 1. The maximum atomic E-state index is 11.9. The van der Waals surface area contributed by atoms with Crippen LogP contribution >= 0.6 is 0 Å². The molecular formula is C10H17NO3S. The molecule has 5 heteroatoms. The lowest BCUT2D eigenvalue weighted by Crippen LogP contribution is -2.48. The van der Waals surface area contributed by atoms with E-state index >= 15 is 0 Å². The highest BCUT2D eigenvalue weighted by atomic mass is 32.2. The minimum Gasteiger partial charge on any atom is -0.273 e. The third-order valence-corrected chi connectivity index (χ3v) is 4.41. The van der Waals surface area contributed by atoms with Crippen LogP contribution < -0.4 is 4.72 Å². The lowest BCUT2D eigenvalue weighted by atomic mass is 9.60. The Balaban J connectivity index is 2.11. The van der Waals surface area contributed by atoms with Gasteiger partial charge in [0.2, 0.25) is 15.9 Å². The summed E-state index contributed by atoms with van der Waals surface area (Å²) in [4.78, 5) is 11.9. The Morgan fingerprint density at radius 3 is 2.07 bits per heavy atom. The van der Waals surface area contributed by atoms with Gasteiger partial charge >= 0.3 is 0 Å². The second-order valence-corrected chi connectivity index (χ2v) is 6.71. The van der Waals surface area contributed by atoms with Gasteiger partial charge in [-0.1, -0.05) is 0 Å². The molecule has 0 aliphatic heterocycles. The molecule has 15 heavy (non-hydrogen) atoms. The summed E-state index contributed by atoms with van der Waals surface area (Å²) in [5.41, 5.74) is -0.377. The van der Waals surface area contributed by atoms with Gasteiger partial charge in [-0.15, -0.1) is 0 Å². The number of hydrogen-bond acceptors (Lipinski definition) is 3. The van der Waals surface area contributed by atoms with E-state index in [1.54, 1.807) is 0 Å². The fraction of sp³-hybridized carbons (Fsp3) is 0.900. The zero-order chi connectivity index (χ0) is 11.1. The zero-order valence-electron chi connectivity index (χ0n) is 8.95. The molecule has 3 aliphatic rings. The number of amides is 1. The summed E-state index contributed by atoms with van der Waals surface area (Å²) in [6, 6.07) is 0. The molecule has 0 heterocycles. The second-order valence-electron chi connectivity index (χ2n) is 4.97. The number of hydrogen-bond donors (Lipinski definition) is 1. The lowest BCUT2D eigenvalue weighted by molar-refractivity contribution is -0.134. The average Bonchev–Trinajstić information content (AvgIpc) is 2.18.